The molecule has 2 aromatic carbocycles. The van der Waals surface area contributed by atoms with Gasteiger partial charge in [-0.3, -0.25) is 0 Å². The van der Waals surface area contributed by atoms with Gasteiger partial charge < -0.3 is 4.74 Å². The van der Waals surface area contributed by atoms with Crippen molar-refractivity contribution >= 4 is 63.7 Å². The van der Waals surface area contributed by atoms with Crippen LogP contribution in [0.25, 0.3) is 0 Å². The Morgan fingerprint density at radius 3 is 2.29 bits per heavy atom. The van der Waals surface area contributed by atoms with Gasteiger partial charge in [-0.1, -0.05) is 22.0 Å². The Hall–Kier alpha value is 0.160. The second-order valence-corrected chi connectivity index (χ2v) is 6.59. The molecule has 0 bridgehead atoms. The summed E-state index contributed by atoms with van der Waals surface area (Å²) in [5.74, 6) is 1.55. The number of hydrogen-bond donors (Lipinski definition) is 0. The third kappa shape index (κ3) is 3.34. The first-order valence-electron chi connectivity index (χ1n) is 4.65. The van der Waals surface area contributed by atoms with Crippen LogP contribution in [-0.4, -0.2) is 0 Å². The number of rotatable bonds is 2. The Labute approximate surface area is 133 Å². The predicted octanol–water partition coefficient (Wildman–Crippen LogP) is 6.53. The molecule has 0 radical (unpaired) electrons. The van der Waals surface area contributed by atoms with Crippen LogP contribution in [0, 0.1) is 0 Å². The maximum Gasteiger partial charge on any atom is 0.142 e. The minimum Gasteiger partial charge on any atom is -0.456 e. The summed E-state index contributed by atoms with van der Waals surface area (Å²) >= 11 is 13.8. The van der Waals surface area contributed by atoms with Crippen molar-refractivity contribution in [3.63, 3.8) is 0 Å². The molecule has 0 fully saturated rings. The van der Waals surface area contributed by atoms with E-state index in [1.807, 2.05) is 36.4 Å². The maximum absolute atomic E-state index is 5.80. The van der Waals surface area contributed by atoms with Gasteiger partial charge in [-0.15, -0.1) is 0 Å². The second kappa shape index (κ2) is 5.87. The van der Waals surface area contributed by atoms with Crippen molar-refractivity contribution in [1.82, 2.24) is 0 Å². The minimum absolute atomic E-state index is 0.762. The highest BCUT2D eigenvalue weighted by atomic mass is 79.9. The predicted molar refractivity (Wildman–Crippen MR) is 83.8 cm³/mol. The monoisotopic (exact) mass is 482 g/mol. The van der Waals surface area contributed by atoms with E-state index >= 15 is 0 Å². The molecule has 0 aliphatic heterocycles. The molecule has 17 heavy (non-hydrogen) atoms. The third-order valence-electron chi connectivity index (χ3n) is 2.02. The lowest BCUT2D eigenvalue weighted by Crippen LogP contribution is -1.86. The van der Waals surface area contributed by atoms with Crippen molar-refractivity contribution in [2.75, 3.05) is 0 Å². The van der Waals surface area contributed by atoms with E-state index in [0.717, 1.165) is 29.4 Å². The molecule has 2 rings (SSSR count). The van der Waals surface area contributed by atoms with Gasteiger partial charge in [0.05, 0.1) is 4.47 Å². The molecule has 0 unspecified atom stereocenters. The molecule has 1 nitrogen and oxygen atoms in total. The Morgan fingerprint density at radius 2 is 1.59 bits per heavy atom. The normalized spacial score (nSPS) is 10.4. The van der Waals surface area contributed by atoms with E-state index in [4.69, 9.17) is 4.74 Å². The van der Waals surface area contributed by atoms with Crippen LogP contribution >= 0.6 is 63.7 Å². The van der Waals surface area contributed by atoms with Gasteiger partial charge in [-0.2, -0.15) is 0 Å². The van der Waals surface area contributed by atoms with Gasteiger partial charge in [-0.05, 0) is 78.1 Å². The number of halogens is 4. The van der Waals surface area contributed by atoms with E-state index < -0.39 is 0 Å². The van der Waals surface area contributed by atoms with Crippen molar-refractivity contribution in [3.05, 3.63) is 54.3 Å². The van der Waals surface area contributed by atoms with Gasteiger partial charge in [0.15, 0.2) is 0 Å². The largest absolute Gasteiger partial charge is 0.456 e. The maximum atomic E-state index is 5.80. The summed E-state index contributed by atoms with van der Waals surface area (Å²) < 4.78 is 9.58. The summed E-state index contributed by atoms with van der Waals surface area (Å²) in [5, 5.41) is 0. The van der Waals surface area contributed by atoms with Crippen molar-refractivity contribution in [2.45, 2.75) is 0 Å². The van der Waals surface area contributed by atoms with Gasteiger partial charge in [0.1, 0.15) is 11.5 Å². The molecule has 0 aliphatic carbocycles. The molecular weight excluding hydrogens is 480 g/mol. The van der Waals surface area contributed by atoms with E-state index in [-0.39, 0.29) is 0 Å². The standard InChI is InChI=1S/C12H6Br4O/c13-7-2-1-3-8(6-7)17-10-5-4-9(14)11(15)12(10)16/h1-6H. The van der Waals surface area contributed by atoms with Crippen LogP contribution in [-0.2, 0) is 0 Å². The molecule has 5 heteroatoms. The molecule has 0 saturated carbocycles. The zero-order chi connectivity index (χ0) is 12.4. The topological polar surface area (TPSA) is 9.23 Å². The lowest BCUT2D eigenvalue weighted by molar-refractivity contribution is 0.479. The third-order valence-corrected chi connectivity index (χ3v) is 5.85. The van der Waals surface area contributed by atoms with Gasteiger partial charge in [-0.25, -0.2) is 0 Å². The molecule has 0 aromatic heterocycles. The summed E-state index contributed by atoms with van der Waals surface area (Å²) in [5.41, 5.74) is 0. The van der Waals surface area contributed by atoms with Gasteiger partial charge in [0, 0.05) is 13.4 Å². The number of benzene rings is 2. The van der Waals surface area contributed by atoms with E-state index in [2.05, 4.69) is 63.7 Å². The minimum atomic E-state index is 0.762. The molecule has 0 aliphatic rings. The molecular formula is C12H6Br4O. The fourth-order valence-electron chi connectivity index (χ4n) is 1.24. The van der Waals surface area contributed by atoms with E-state index in [9.17, 15) is 0 Å². The first kappa shape index (κ1) is 13.6. The van der Waals surface area contributed by atoms with Crippen LogP contribution in [0.3, 0.4) is 0 Å². The van der Waals surface area contributed by atoms with Crippen LogP contribution < -0.4 is 4.74 Å². The smallest absolute Gasteiger partial charge is 0.142 e. The summed E-state index contributed by atoms with van der Waals surface area (Å²) in [7, 11) is 0. The Kier molecular flexibility index (Phi) is 4.69. The summed E-state index contributed by atoms with van der Waals surface area (Å²) in [6.07, 6.45) is 0. The number of ether oxygens (including phenoxy) is 1. The number of hydrogen-bond acceptors (Lipinski definition) is 1. The van der Waals surface area contributed by atoms with Crippen molar-refractivity contribution in [1.29, 1.82) is 0 Å². The van der Waals surface area contributed by atoms with Gasteiger partial charge >= 0.3 is 0 Å². The van der Waals surface area contributed by atoms with Crippen molar-refractivity contribution < 1.29 is 4.74 Å². The summed E-state index contributed by atoms with van der Waals surface area (Å²) in [6.45, 7) is 0. The molecule has 0 atom stereocenters. The van der Waals surface area contributed by atoms with E-state index in [0.29, 0.717) is 0 Å². The zero-order valence-corrected chi connectivity index (χ0v) is 14.7. The van der Waals surface area contributed by atoms with E-state index in [1.165, 1.54) is 0 Å². The van der Waals surface area contributed by atoms with Crippen LogP contribution in [0.4, 0.5) is 0 Å². The van der Waals surface area contributed by atoms with Crippen LogP contribution in [0.15, 0.2) is 54.3 Å². The summed E-state index contributed by atoms with van der Waals surface area (Å²) in [6, 6.07) is 11.6. The van der Waals surface area contributed by atoms with Gasteiger partial charge in [0.25, 0.3) is 0 Å². The molecule has 0 heterocycles. The first-order chi connectivity index (χ1) is 8.08. The quantitative estimate of drug-likeness (QED) is 0.440. The van der Waals surface area contributed by atoms with Crippen molar-refractivity contribution in [3.8, 4) is 11.5 Å². The highest BCUT2D eigenvalue weighted by molar-refractivity contribution is 9.14. The fourth-order valence-corrected chi connectivity index (χ4v) is 2.97. The van der Waals surface area contributed by atoms with E-state index in [1.54, 1.807) is 0 Å². The Bertz CT molecular complexity index is 554. The fraction of sp³-hybridized carbons (Fsp3) is 0. The lowest BCUT2D eigenvalue weighted by atomic mass is 10.3. The van der Waals surface area contributed by atoms with Crippen molar-refractivity contribution in [2.24, 2.45) is 0 Å². The molecule has 0 amide bonds. The molecule has 88 valence electrons. The first-order valence-corrected chi connectivity index (χ1v) is 7.82. The average Bonchev–Trinajstić information content (AvgIpc) is 2.30. The highest BCUT2D eigenvalue weighted by Crippen LogP contribution is 2.39. The molecule has 0 N–H and O–H groups in total. The Balaban J connectivity index is 2.34. The Morgan fingerprint density at radius 1 is 0.824 bits per heavy atom. The van der Waals surface area contributed by atoms with Crippen LogP contribution in [0.2, 0.25) is 0 Å². The summed E-state index contributed by atoms with van der Waals surface area (Å²) in [4.78, 5) is 0. The zero-order valence-electron chi connectivity index (χ0n) is 8.38. The second-order valence-electron chi connectivity index (χ2n) is 3.23. The highest BCUT2D eigenvalue weighted by Gasteiger charge is 2.09. The average molecular weight is 486 g/mol. The lowest BCUT2D eigenvalue weighted by Gasteiger charge is -2.10. The SMILES string of the molecule is Brc1cccc(Oc2ccc(Br)c(Br)c2Br)c1. The van der Waals surface area contributed by atoms with Gasteiger partial charge in [0.2, 0.25) is 0 Å². The van der Waals surface area contributed by atoms with Crippen LogP contribution in [0.1, 0.15) is 0 Å². The molecule has 0 spiro atoms. The molecule has 2 aromatic rings. The van der Waals surface area contributed by atoms with Crippen LogP contribution in [0.5, 0.6) is 11.5 Å². The molecule has 0 saturated heterocycles.